The van der Waals surface area contributed by atoms with Gasteiger partial charge in [-0.3, -0.25) is 0 Å². The minimum atomic E-state index is -0.0307. The van der Waals surface area contributed by atoms with Crippen molar-refractivity contribution in [1.29, 1.82) is 0 Å². The lowest BCUT2D eigenvalue weighted by molar-refractivity contribution is 0.381. The molecule has 2 bridgehead atoms. The Labute approximate surface area is 80.9 Å². The first-order valence-electron chi connectivity index (χ1n) is 4.74. The second kappa shape index (κ2) is 2.47. The van der Waals surface area contributed by atoms with Crippen LogP contribution in [0.4, 0.5) is 0 Å². The largest absolute Gasteiger partial charge is 0.492 e. The maximum Gasteiger partial charge on any atom is 0.235 e. The number of hydrogen-bond acceptors (Lipinski definition) is 4. The van der Waals surface area contributed by atoms with E-state index in [9.17, 15) is 10.2 Å². The van der Waals surface area contributed by atoms with Gasteiger partial charge in [-0.15, -0.1) is 10.2 Å². The molecular weight excluding hydrogens is 180 g/mol. The van der Waals surface area contributed by atoms with Crippen LogP contribution in [0, 0.1) is 0 Å². The summed E-state index contributed by atoms with van der Waals surface area (Å²) in [6.45, 7) is 0. The molecule has 4 nitrogen and oxygen atoms in total. The summed E-state index contributed by atoms with van der Waals surface area (Å²) in [7, 11) is 0. The van der Waals surface area contributed by atoms with Gasteiger partial charge in [0.1, 0.15) is 0 Å². The number of allylic oxidation sites excluding steroid dienone is 2. The van der Waals surface area contributed by atoms with Crippen molar-refractivity contribution in [3.63, 3.8) is 0 Å². The van der Waals surface area contributed by atoms with Crippen molar-refractivity contribution in [1.82, 2.24) is 10.2 Å². The van der Waals surface area contributed by atoms with Gasteiger partial charge in [0.05, 0.1) is 0 Å². The second-order valence-corrected chi connectivity index (χ2v) is 3.85. The monoisotopic (exact) mass is 190 g/mol. The van der Waals surface area contributed by atoms with Gasteiger partial charge in [-0.05, 0) is 12.8 Å². The van der Waals surface area contributed by atoms with Gasteiger partial charge in [0, 0.05) is 23.0 Å². The molecule has 0 saturated carbocycles. The van der Waals surface area contributed by atoms with Gasteiger partial charge >= 0.3 is 0 Å². The molecule has 0 aliphatic heterocycles. The third-order valence-corrected chi connectivity index (χ3v) is 3.12. The van der Waals surface area contributed by atoms with Crippen LogP contribution in [0.25, 0.3) is 0 Å². The minimum Gasteiger partial charge on any atom is -0.492 e. The van der Waals surface area contributed by atoms with Gasteiger partial charge in [0.25, 0.3) is 0 Å². The highest BCUT2D eigenvalue weighted by molar-refractivity contribution is 5.51. The van der Waals surface area contributed by atoms with Crippen molar-refractivity contribution in [2.45, 2.75) is 24.7 Å². The first kappa shape index (κ1) is 7.79. The van der Waals surface area contributed by atoms with E-state index in [1.807, 2.05) is 0 Å². The van der Waals surface area contributed by atoms with Crippen LogP contribution < -0.4 is 0 Å². The number of nitrogens with zero attached hydrogens (tertiary/aromatic N) is 2. The van der Waals surface area contributed by atoms with Crippen LogP contribution in [0.1, 0.15) is 35.8 Å². The van der Waals surface area contributed by atoms with Crippen molar-refractivity contribution in [3.8, 4) is 11.8 Å². The topological polar surface area (TPSA) is 66.2 Å². The SMILES string of the molecule is Oc1nnc(O)c2c1C1C=CC2CC1. The molecule has 3 aliphatic carbocycles. The maximum atomic E-state index is 9.58. The van der Waals surface area contributed by atoms with Crippen molar-refractivity contribution in [3.05, 3.63) is 23.3 Å². The van der Waals surface area contributed by atoms with Crippen LogP contribution in [-0.4, -0.2) is 20.4 Å². The molecule has 0 saturated heterocycles. The molecule has 0 amide bonds. The molecule has 0 aromatic carbocycles. The number of fused-ring (bicyclic) bond motifs is 1. The highest BCUT2D eigenvalue weighted by Crippen LogP contribution is 2.49. The van der Waals surface area contributed by atoms with Crippen molar-refractivity contribution >= 4 is 0 Å². The van der Waals surface area contributed by atoms with E-state index in [-0.39, 0.29) is 23.6 Å². The number of hydrogen-bond donors (Lipinski definition) is 2. The summed E-state index contributed by atoms with van der Waals surface area (Å²) >= 11 is 0. The van der Waals surface area contributed by atoms with E-state index < -0.39 is 0 Å². The van der Waals surface area contributed by atoms with Crippen molar-refractivity contribution in [2.75, 3.05) is 0 Å². The maximum absolute atomic E-state index is 9.58. The molecule has 4 rings (SSSR count). The Balaban J connectivity index is 2.31. The summed E-state index contributed by atoms with van der Waals surface area (Å²) < 4.78 is 0. The zero-order chi connectivity index (χ0) is 9.71. The van der Waals surface area contributed by atoms with E-state index in [4.69, 9.17) is 0 Å². The zero-order valence-electron chi connectivity index (χ0n) is 7.51. The summed E-state index contributed by atoms with van der Waals surface area (Å²) in [5.74, 6) is 0.349. The van der Waals surface area contributed by atoms with Crippen molar-refractivity contribution < 1.29 is 10.2 Å². The lowest BCUT2D eigenvalue weighted by Gasteiger charge is -2.32. The minimum absolute atomic E-state index is 0.0307. The molecule has 1 heterocycles. The lowest BCUT2D eigenvalue weighted by Crippen LogP contribution is -2.18. The Morgan fingerprint density at radius 3 is 1.71 bits per heavy atom. The predicted octanol–water partition coefficient (Wildman–Crippen LogP) is 1.42. The standard InChI is InChI=1S/C10H10N2O2/c13-9-7-5-1-2-6(4-3-5)8(7)10(14)12-11-9/h1-2,5-6H,3-4H2,(H,11,13)(H,12,14). The fourth-order valence-corrected chi connectivity index (χ4v) is 2.48. The van der Waals surface area contributed by atoms with Gasteiger partial charge in [-0.2, -0.15) is 0 Å². The van der Waals surface area contributed by atoms with E-state index in [0.29, 0.717) is 0 Å². The Morgan fingerprint density at radius 1 is 0.929 bits per heavy atom. The molecule has 0 fully saturated rings. The predicted molar refractivity (Wildman–Crippen MR) is 49.2 cm³/mol. The highest BCUT2D eigenvalue weighted by Gasteiger charge is 2.34. The van der Waals surface area contributed by atoms with E-state index in [0.717, 1.165) is 24.0 Å². The smallest absolute Gasteiger partial charge is 0.235 e. The Kier molecular flexibility index (Phi) is 1.37. The van der Waals surface area contributed by atoms with Crippen LogP contribution in [0.5, 0.6) is 11.8 Å². The zero-order valence-corrected chi connectivity index (χ0v) is 7.51. The van der Waals surface area contributed by atoms with Crippen LogP contribution in [-0.2, 0) is 0 Å². The lowest BCUT2D eigenvalue weighted by atomic mass is 9.72. The summed E-state index contributed by atoms with van der Waals surface area (Å²) in [6, 6.07) is 0. The molecular formula is C10H10N2O2. The Hall–Kier alpha value is -1.58. The molecule has 0 spiro atoms. The number of aromatic nitrogens is 2. The third-order valence-electron chi connectivity index (χ3n) is 3.12. The fourth-order valence-electron chi connectivity index (χ4n) is 2.48. The molecule has 1 aromatic heterocycles. The molecule has 1 aromatic rings. The van der Waals surface area contributed by atoms with E-state index in [2.05, 4.69) is 22.3 Å². The van der Waals surface area contributed by atoms with E-state index in [1.54, 1.807) is 0 Å². The molecule has 72 valence electrons. The summed E-state index contributed by atoms with van der Waals surface area (Å²) in [5, 5.41) is 26.2. The molecule has 2 N–H and O–H groups in total. The third kappa shape index (κ3) is 0.828. The molecule has 2 atom stereocenters. The van der Waals surface area contributed by atoms with Crippen LogP contribution in [0.2, 0.25) is 0 Å². The van der Waals surface area contributed by atoms with E-state index in [1.165, 1.54) is 0 Å². The first-order valence-corrected chi connectivity index (χ1v) is 4.74. The molecule has 14 heavy (non-hydrogen) atoms. The Bertz CT molecular complexity index is 389. The van der Waals surface area contributed by atoms with Crippen LogP contribution >= 0.6 is 0 Å². The number of rotatable bonds is 0. The molecule has 4 heteroatoms. The second-order valence-electron chi connectivity index (χ2n) is 3.85. The van der Waals surface area contributed by atoms with Gasteiger partial charge < -0.3 is 10.2 Å². The molecule has 2 unspecified atom stereocenters. The van der Waals surface area contributed by atoms with Crippen LogP contribution in [0.15, 0.2) is 12.2 Å². The quantitative estimate of drug-likeness (QED) is 0.607. The van der Waals surface area contributed by atoms with Gasteiger partial charge in [0.15, 0.2) is 0 Å². The van der Waals surface area contributed by atoms with Crippen molar-refractivity contribution in [2.24, 2.45) is 0 Å². The Morgan fingerprint density at radius 2 is 1.36 bits per heavy atom. The summed E-state index contributed by atoms with van der Waals surface area (Å²) in [5.41, 5.74) is 1.55. The summed E-state index contributed by atoms with van der Waals surface area (Å²) in [6.07, 6.45) is 6.20. The van der Waals surface area contributed by atoms with Gasteiger partial charge in [-0.25, -0.2) is 0 Å². The van der Waals surface area contributed by atoms with E-state index >= 15 is 0 Å². The summed E-state index contributed by atoms with van der Waals surface area (Å²) in [4.78, 5) is 0. The van der Waals surface area contributed by atoms with Gasteiger partial charge in [-0.1, -0.05) is 12.2 Å². The average Bonchev–Trinajstić information content (AvgIpc) is 2.25. The van der Waals surface area contributed by atoms with Crippen LogP contribution in [0.3, 0.4) is 0 Å². The molecule has 3 aliphatic rings. The molecule has 0 radical (unpaired) electrons. The highest BCUT2D eigenvalue weighted by atomic mass is 16.3. The first-order chi connectivity index (χ1) is 6.77. The normalized spacial score (nSPS) is 27.7. The fraction of sp³-hybridized carbons (Fsp3) is 0.400. The van der Waals surface area contributed by atoms with Gasteiger partial charge in [0.2, 0.25) is 11.8 Å². The average molecular weight is 190 g/mol. The number of aromatic hydroxyl groups is 2.